The van der Waals surface area contributed by atoms with Crippen molar-refractivity contribution in [3.05, 3.63) is 59.2 Å². The molecule has 0 spiro atoms. The van der Waals surface area contributed by atoms with Crippen LogP contribution in [0.2, 0.25) is 5.02 Å². The van der Waals surface area contributed by atoms with Crippen molar-refractivity contribution in [2.75, 3.05) is 14.2 Å². The number of nitrogens with zero attached hydrogens (tertiary/aromatic N) is 3. The summed E-state index contributed by atoms with van der Waals surface area (Å²) in [5, 5.41) is 11.1. The Morgan fingerprint density at radius 1 is 1.07 bits per heavy atom. The van der Waals surface area contributed by atoms with Crippen LogP contribution >= 0.6 is 23.4 Å². The van der Waals surface area contributed by atoms with Gasteiger partial charge in [0.1, 0.15) is 11.7 Å². The molecule has 6 nitrogen and oxygen atoms in total. The zero-order valence-electron chi connectivity index (χ0n) is 15.6. The van der Waals surface area contributed by atoms with E-state index in [1.807, 2.05) is 30.3 Å². The zero-order valence-corrected chi connectivity index (χ0v) is 17.1. The second kappa shape index (κ2) is 8.03. The molecule has 29 heavy (non-hydrogen) atoms. The molecule has 0 aliphatic rings. The molecule has 0 amide bonds. The number of halogens is 1. The molecule has 0 fully saturated rings. The number of nitrogens with one attached hydrogen (secondary N) is 1. The first-order chi connectivity index (χ1) is 14.1. The monoisotopic (exact) mass is 422 g/mol. The first kappa shape index (κ1) is 19.1. The second-order valence-electron chi connectivity index (χ2n) is 5.99. The van der Waals surface area contributed by atoms with E-state index in [0.29, 0.717) is 49.5 Å². The molecule has 0 bridgehead atoms. The van der Waals surface area contributed by atoms with Crippen molar-refractivity contribution < 1.29 is 9.47 Å². The van der Waals surface area contributed by atoms with Crippen LogP contribution in [0, 0.1) is 11.3 Å². The number of H-pyrrole nitrogens is 1. The molecule has 8 heteroatoms. The fourth-order valence-electron chi connectivity index (χ4n) is 2.97. The molecule has 144 valence electrons. The summed E-state index contributed by atoms with van der Waals surface area (Å²) in [5.74, 6) is 1.03. The Bertz CT molecular complexity index is 1240. The molecule has 1 N–H and O–H groups in total. The quantitative estimate of drug-likeness (QED) is 0.438. The molecule has 0 atom stereocenters. The lowest BCUT2D eigenvalue weighted by Crippen LogP contribution is -1.96. The van der Waals surface area contributed by atoms with Crippen molar-refractivity contribution in [1.82, 2.24) is 15.0 Å². The summed E-state index contributed by atoms with van der Waals surface area (Å²) in [6, 6.07) is 15.4. The first-order valence-electron chi connectivity index (χ1n) is 8.58. The Kier molecular flexibility index (Phi) is 5.30. The van der Waals surface area contributed by atoms with Crippen LogP contribution in [-0.2, 0) is 0 Å². The standard InChI is InChI=1S/C21H15ClN4O2S/c1-27-16-8-14(15(22)9-17(16)28-2)19-18-12(10-23)11-24-20(18)26-21(25-19)29-13-6-4-3-5-7-13/h3-9,11H,1-2H3,(H,24,25,26). The van der Waals surface area contributed by atoms with E-state index in [1.54, 1.807) is 32.5 Å². The van der Waals surface area contributed by atoms with E-state index >= 15 is 0 Å². The normalized spacial score (nSPS) is 10.7. The zero-order chi connectivity index (χ0) is 20.4. The number of hydrogen-bond donors (Lipinski definition) is 1. The van der Waals surface area contributed by atoms with Gasteiger partial charge in [0.25, 0.3) is 0 Å². The Labute approximate surface area is 176 Å². The van der Waals surface area contributed by atoms with Crippen molar-refractivity contribution in [2.45, 2.75) is 10.1 Å². The fourth-order valence-corrected chi connectivity index (χ4v) is 3.99. The van der Waals surface area contributed by atoms with Crippen LogP contribution in [0.5, 0.6) is 11.5 Å². The lowest BCUT2D eigenvalue weighted by molar-refractivity contribution is 0.355. The molecule has 0 aliphatic carbocycles. The van der Waals surface area contributed by atoms with Crippen molar-refractivity contribution >= 4 is 34.4 Å². The molecular formula is C21H15ClN4O2S. The van der Waals surface area contributed by atoms with E-state index in [1.165, 1.54) is 11.8 Å². The number of ether oxygens (including phenoxy) is 2. The Morgan fingerprint density at radius 2 is 1.79 bits per heavy atom. The van der Waals surface area contributed by atoms with Gasteiger partial charge < -0.3 is 14.5 Å². The average Bonchev–Trinajstić information content (AvgIpc) is 3.17. The maximum absolute atomic E-state index is 9.54. The van der Waals surface area contributed by atoms with Gasteiger partial charge in [-0.2, -0.15) is 5.26 Å². The molecule has 0 saturated carbocycles. The topological polar surface area (TPSA) is 83.8 Å². The Hall–Kier alpha value is -3.21. The molecule has 2 heterocycles. The molecule has 4 aromatic rings. The molecular weight excluding hydrogens is 408 g/mol. The second-order valence-corrected chi connectivity index (χ2v) is 7.44. The summed E-state index contributed by atoms with van der Waals surface area (Å²) in [4.78, 5) is 13.4. The van der Waals surface area contributed by atoms with Crippen molar-refractivity contribution in [1.29, 1.82) is 5.26 Å². The van der Waals surface area contributed by atoms with Crippen LogP contribution in [0.4, 0.5) is 0 Å². The Morgan fingerprint density at radius 3 is 2.48 bits per heavy atom. The molecule has 0 aliphatic heterocycles. The molecule has 4 rings (SSSR count). The van der Waals surface area contributed by atoms with Crippen LogP contribution in [0.15, 0.2) is 58.7 Å². The number of fused-ring (bicyclic) bond motifs is 1. The summed E-state index contributed by atoms with van der Waals surface area (Å²) in [5.41, 5.74) is 2.19. The van der Waals surface area contributed by atoms with Crippen LogP contribution < -0.4 is 9.47 Å². The van der Waals surface area contributed by atoms with Crippen molar-refractivity contribution in [2.24, 2.45) is 0 Å². The van der Waals surface area contributed by atoms with E-state index in [9.17, 15) is 5.26 Å². The number of hydrogen-bond acceptors (Lipinski definition) is 6. The van der Waals surface area contributed by atoms with E-state index in [0.717, 1.165) is 4.90 Å². The third-order valence-electron chi connectivity index (χ3n) is 4.31. The molecule has 2 aromatic carbocycles. The summed E-state index contributed by atoms with van der Waals surface area (Å²) >= 11 is 7.98. The highest BCUT2D eigenvalue weighted by atomic mass is 35.5. The van der Waals surface area contributed by atoms with E-state index in [2.05, 4.69) is 16.0 Å². The third-order valence-corrected chi connectivity index (χ3v) is 5.50. The predicted molar refractivity (Wildman–Crippen MR) is 113 cm³/mol. The number of aromatic amines is 1. The van der Waals surface area contributed by atoms with Gasteiger partial charge in [-0.3, -0.25) is 0 Å². The molecule has 0 radical (unpaired) electrons. The molecule has 0 saturated heterocycles. The smallest absolute Gasteiger partial charge is 0.195 e. The Balaban J connectivity index is 1.95. The van der Waals surface area contributed by atoms with Crippen LogP contribution in [-0.4, -0.2) is 29.2 Å². The highest BCUT2D eigenvalue weighted by Gasteiger charge is 2.20. The van der Waals surface area contributed by atoms with Gasteiger partial charge in [-0.25, -0.2) is 9.97 Å². The van der Waals surface area contributed by atoms with Gasteiger partial charge in [-0.05, 0) is 30.0 Å². The van der Waals surface area contributed by atoms with Crippen LogP contribution in [0.1, 0.15) is 5.56 Å². The van der Waals surface area contributed by atoms with Gasteiger partial charge in [-0.1, -0.05) is 29.8 Å². The molecule has 0 unspecified atom stereocenters. The minimum absolute atomic E-state index is 0.434. The highest BCUT2D eigenvalue weighted by Crippen LogP contribution is 2.41. The summed E-state index contributed by atoms with van der Waals surface area (Å²) < 4.78 is 10.7. The van der Waals surface area contributed by atoms with Gasteiger partial charge in [0.15, 0.2) is 16.7 Å². The van der Waals surface area contributed by atoms with Gasteiger partial charge in [0.2, 0.25) is 0 Å². The number of aromatic nitrogens is 3. The van der Waals surface area contributed by atoms with Gasteiger partial charge in [0.05, 0.1) is 35.9 Å². The predicted octanol–water partition coefficient (Wildman–Crippen LogP) is 5.32. The van der Waals surface area contributed by atoms with E-state index in [-0.39, 0.29) is 0 Å². The number of nitriles is 1. The lowest BCUT2D eigenvalue weighted by Gasteiger charge is -2.13. The SMILES string of the molecule is COc1cc(Cl)c(-c2nc(Sc3ccccc3)nc3[nH]cc(C#N)c23)cc1OC. The largest absolute Gasteiger partial charge is 0.493 e. The minimum atomic E-state index is 0.434. The van der Waals surface area contributed by atoms with Crippen molar-refractivity contribution in [3.8, 4) is 28.8 Å². The van der Waals surface area contributed by atoms with Gasteiger partial charge in [-0.15, -0.1) is 0 Å². The van der Waals surface area contributed by atoms with Gasteiger partial charge >= 0.3 is 0 Å². The average molecular weight is 423 g/mol. The highest BCUT2D eigenvalue weighted by molar-refractivity contribution is 7.99. The van der Waals surface area contributed by atoms with E-state index in [4.69, 9.17) is 26.1 Å². The van der Waals surface area contributed by atoms with Crippen LogP contribution in [0.25, 0.3) is 22.3 Å². The summed E-state index contributed by atoms with van der Waals surface area (Å²) in [6.45, 7) is 0. The summed E-state index contributed by atoms with van der Waals surface area (Å²) in [6.07, 6.45) is 1.62. The third kappa shape index (κ3) is 3.60. The maximum Gasteiger partial charge on any atom is 0.195 e. The number of methoxy groups -OCH3 is 2. The molecule has 2 aromatic heterocycles. The van der Waals surface area contributed by atoms with Gasteiger partial charge in [0, 0.05) is 22.7 Å². The minimum Gasteiger partial charge on any atom is -0.493 e. The summed E-state index contributed by atoms with van der Waals surface area (Å²) in [7, 11) is 3.10. The lowest BCUT2D eigenvalue weighted by atomic mass is 10.1. The number of rotatable bonds is 5. The van der Waals surface area contributed by atoms with E-state index < -0.39 is 0 Å². The van der Waals surface area contributed by atoms with Crippen LogP contribution in [0.3, 0.4) is 0 Å². The number of benzene rings is 2. The fraction of sp³-hybridized carbons (Fsp3) is 0.0952. The van der Waals surface area contributed by atoms with Crippen molar-refractivity contribution in [3.63, 3.8) is 0 Å². The first-order valence-corrected chi connectivity index (χ1v) is 9.78. The maximum atomic E-state index is 9.54.